The molecule has 1 saturated heterocycles. The number of hydrogen-bond acceptors (Lipinski definition) is 4. The van der Waals surface area contributed by atoms with Crippen molar-refractivity contribution >= 4 is 11.9 Å². The van der Waals surface area contributed by atoms with Gasteiger partial charge in [0.1, 0.15) is 11.9 Å². The molecule has 1 aliphatic rings. The third kappa shape index (κ3) is 5.41. The highest BCUT2D eigenvalue weighted by Gasteiger charge is 2.31. The van der Waals surface area contributed by atoms with Crippen molar-refractivity contribution in [3.8, 4) is 5.75 Å². The summed E-state index contributed by atoms with van der Waals surface area (Å²) in [6.45, 7) is 0.463. The Morgan fingerprint density at radius 2 is 2.00 bits per heavy atom. The number of carbonyl (C=O) groups excluding carboxylic acids is 1. The van der Waals surface area contributed by atoms with Crippen LogP contribution in [-0.2, 0) is 14.3 Å². The predicted molar refractivity (Wildman–Crippen MR) is 75.2 cm³/mol. The fourth-order valence-corrected chi connectivity index (χ4v) is 2.38. The van der Waals surface area contributed by atoms with Crippen molar-refractivity contribution in [3.05, 3.63) is 29.8 Å². The third-order valence-electron chi connectivity index (χ3n) is 3.43. The van der Waals surface area contributed by atoms with E-state index in [1.807, 2.05) is 0 Å². The molecule has 0 spiro atoms. The van der Waals surface area contributed by atoms with Crippen LogP contribution in [0.15, 0.2) is 24.3 Å². The Kier molecular flexibility index (Phi) is 5.66. The highest BCUT2D eigenvalue weighted by molar-refractivity contribution is 5.82. The number of nitrogens with one attached hydrogen (secondary N) is 1. The van der Waals surface area contributed by atoms with E-state index in [4.69, 9.17) is 9.84 Å². The van der Waals surface area contributed by atoms with Gasteiger partial charge < -0.3 is 19.9 Å². The van der Waals surface area contributed by atoms with E-state index in [0.717, 1.165) is 18.6 Å². The number of carboxylic acids is 1. The van der Waals surface area contributed by atoms with Gasteiger partial charge in [-0.25, -0.2) is 0 Å². The molecule has 1 fully saturated rings. The number of carbonyl (C=O) groups is 2. The Balaban J connectivity index is 2.08. The van der Waals surface area contributed by atoms with Gasteiger partial charge in [0.05, 0.1) is 12.5 Å². The fourth-order valence-electron chi connectivity index (χ4n) is 2.38. The van der Waals surface area contributed by atoms with Gasteiger partial charge in [0.25, 0.3) is 0 Å². The van der Waals surface area contributed by atoms with Gasteiger partial charge in [-0.1, -0.05) is 12.1 Å². The van der Waals surface area contributed by atoms with Crippen molar-refractivity contribution in [2.75, 3.05) is 6.61 Å². The molecule has 1 amide bonds. The van der Waals surface area contributed by atoms with E-state index in [1.54, 1.807) is 0 Å². The van der Waals surface area contributed by atoms with Gasteiger partial charge in [-0.2, -0.15) is 0 Å². The number of alkyl halides is 3. The molecular weight excluding hydrogens is 331 g/mol. The quantitative estimate of drug-likeness (QED) is 0.825. The van der Waals surface area contributed by atoms with Crippen molar-refractivity contribution in [1.82, 2.24) is 5.32 Å². The molecule has 1 aliphatic heterocycles. The van der Waals surface area contributed by atoms with Crippen LogP contribution in [0.25, 0.3) is 0 Å². The second-order valence-corrected chi connectivity index (χ2v) is 5.28. The molecule has 2 atom stereocenters. The van der Waals surface area contributed by atoms with Crippen molar-refractivity contribution in [2.45, 2.75) is 37.8 Å². The zero-order valence-corrected chi connectivity index (χ0v) is 12.5. The summed E-state index contributed by atoms with van der Waals surface area (Å²) < 4.78 is 45.4. The summed E-state index contributed by atoms with van der Waals surface area (Å²) in [5, 5.41) is 11.5. The summed E-state index contributed by atoms with van der Waals surface area (Å²) in [6, 6.07) is 3.82. The molecule has 0 radical (unpaired) electrons. The van der Waals surface area contributed by atoms with Crippen LogP contribution in [0.3, 0.4) is 0 Å². The molecule has 2 N–H and O–H groups in total. The van der Waals surface area contributed by atoms with E-state index < -0.39 is 42.6 Å². The molecule has 0 aliphatic carbocycles. The second kappa shape index (κ2) is 7.52. The monoisotopic (exact) mass is 347 g/mol. The van der Waals surface area contributed by atoms with Gasteiger partial charge in [0, 0.05) is 6.61 Å². The van der Waals surface area contributed by atoms with Crippen molar-refractivity contribution in [2.24, 2.45) is 0 Å². The number of halogens is 3. The Hall–Kier alpha value is -2.29. The lowest BCUT2D eigenvalue weighted by molar-refractivity contribution is -0.274. The number of ether oxygens (including phenoxy) is 2. The third-order valence-corrected chi connectivity index (χ3v) is 3.43. The molecule has 0 unspecified atom stereocenters. The van der Waals surface area contributed by atoms with Gasteiger partial charge in [-0.15, -0.1) is 13.2 Å². The topological polar surface area (TPSA) is 84.9 Å². The lowest BCUT2D eigenvalue weighted by Gasteiger charge is -2.20. The molecule has 1 aromatic carbocycles. The first kappa shape index (κ1) is 18.1. The van der Waals surface area contributed by atoms with Gasteiger partial charge in [0.2, 0.25) is 5.91 Å². The molecule has 1 aromatic rings. The molecule has 24 heavy (non-hydrogen) atoms. The second-order valence-electron chi connectivity index (χ2n) is 5.28. The number of benzene rings is 1. The van der Waals surface area contributed by atoms with Crippen molar-refractivity contribution in [3.63, 3.8) is 0 Å². The molecule has 0 saturated carbocycles. The maximum atomic E-state index is 12.1. The maximum absolute atomic E-state index is 12.1. The summed E-state index contributed by atoms with van der Waals surface area (Å²) in [5.74, 6) is -2.01. The lowest BCUT2D eigenvalue weighted by Crippen LogP contribution is -2.37. The minimum atomic E-state index is -4.81. The molecule has 0 aromatic heterocycles. The first-order valence-electron chi connectivity index (χ1n) is 7.24. The SMILES string of the molecule is O=C(O)C[C@@H](NC(=O)[C@H]1CCCO1)c1ccc(OC(F)(F)F)cc1. The van der Waals surface area contributed by atoms with E-state index in [1.165, 1.54) is 12.1 Å². The highest BCUT2D eigenvalue weighted by atomic mass is 19.4. The molecule has 9 heteroatoms. The van der Waals surface area contributed by atoms with Crippen LogP contribution in [0.1, 0.15) is 30.9 Å². The minimum absolute atomic E-state index is 0.360. The molecule has 132 valence electrons. The van der Waals surface area contributed by atoms with Crippen molar-refractivity contribution < 1.29 is 37.3 Å². The average molecular weight is 347 g/mol. The summed E-state index contributed by atoms with van der Waals surface area (Å²) in [7, 11) is 0. The molecule has 2 rings (SSSR count). The number of amides is 1. The normalized spacial score (nSPS) is 18.9. The van der Waals surface area contributed by atoms with Crippen LogP contribution in [0, 0.1) is 0 Å². The van der Waals surface area contributed by atoms with Crippen LogP contribution < -0.4 is 10.1 Å². The maximum Gasteiger partial charge on any atom is 0.573 e. The Bertz CT molecular complexity index is 582. The van der Waals surface area contributed by atoms with E-state index in [-0.39, 0.29) is 0 Å². The van der Waals surface area contributed by atoms with Crippen LogP contribution in [0.5, 0.6) is 5.75 Å². The van der Waals surface area contributed by atoms with Gasteiger partial charge in [-0.05, 0) is 30.5 Å². The van der Waals surface area contributed by atoms with Gasteiger partial charge in [-0.3, -0.25) is 9.59 Å². The Labute approximate surface area is 135 Å². The van der Waals surface area contributed by atoms with Crippen LogP contribution in [0.2, 0.25) is 0 Å². The largest absolute Gasteiger partial charge is 0.573 e. The van der Waals surface area contributed by atoms with E-state index in [2.05, 4.69) is 10.1 Å². The zero-order valence-electron chi connectivity index (χ0n) is 12.5. The van der Waals surface area contributed by atoms with Crippen LogP contribution in [0.4, 0.5) is 13.2 Å². The summed E-state index contributed by atoms with van der Waals surface area (Å²) in [5.41, 5.74) is 0.360. The predicted octanol–water partition coefficient (Wildman–Crippen LogP) is 2.40. The first-order valence-corrected chi connectivity index (χ1v) is 7.24. The summed E-state index contributed by atoms with van der Waals surface area (Å²) >= 11 is 0. The summed E-state index contributed by atoms with van der Waals surface area (Å²) in [4.78, 5) is 23.0. The molecule has 1 heterocycles. The fraction of sp³-hybridized carbons (Fsp3) is 0.467. The Morgan fingerprint density at radius 3 is 2.50 bits per heavy atom. The molecule has 6 nitrogen and oxygen atoms in total. The minimum Gasteiger partial charge on any atom is -0.481 e. The molecule has 0 bridgehead atoms. The highest BCUT2D eigenvalue weighted by Crippen LogP contribution is 2.26. The van der Waals surface area contributed by atoms with E-state index in [9.17, 15) is 22.8 Å². The van der Waals surface area contributed by atoms with Crippen LogP contribution >= 0.6 is 0 Å². The number of carboxylic acid groups (broad SMARTS) is 1. The average Bonchev–Trinajstić information content (AvgIpc) is 2.99. The Morgan fingerprint density at radius 1 is 1.33 bits per heavy atom. The molecular formula is C15H16F3NO5. The summed E-state index contributed by atoms with van der Waals surface area (Å²) in [6.07, 6.45) is -4.56. The number of aliphatic carboxylic acids is 1. The van der Waals surface area contributed by atoms with Crippen LogP contribution in [-0.4, -0.2) is 36.1 Å². The van der Waals surface area contributed by atoms with Crippen molar-refractivity contribution in [1.29, 1.82) is 0 Å². The smallest absolute Gasteiger partial charge is 0.481 e. The lowest BCUT2D eigenvalue weighted by atomic mass is 10.0. The van der Waals surface area contributed by atoms with E-state index in [0.29, 0.717) is 18.6 Å². The first-order chi connectivity index (χ1) is 11.2. The van der Waals surface area contributed by atoms with E-state index >= 15 is 0 Å². The number of hydrogen-bond donors (Lipinski definition) is 2. The zero-order chi connectivity index (χ0) is 17.7. The van der Waals surface area contributed by atoms with Gasteiger partial charge >= 0.3 is 12.3 Å². The number of rotatable bonds is 6. The van der Waals surface area contributed by atoms with Gasteiger partial charge in [0.15, 0.2) is 0 Å². The standard InChI is InChI=1S/C15H16F3NO5/c16-15(17,18)24-10-5-3-9(4-6-10)11(8-13(20)21)19-14(22)12-2-1-7-23-12/h3-6,11-12H,1-2,7-8H2,(H,19,22)(H,20,21)/t11-,12-/m1/s1.